The predicted octanol–water partition coefficient (Wildman–Crippen LogP) is 3.46. The Morgan fingerprint density at radius 1 is 1.60 bits per heavy atom. The van der Waals surface area contributed by atoms with E-state index in [1.165, 1.54) is 0 Å². The Labute approximate surface area is 100 Å². The van der Waals surface area contributed by atoms with Crippen LogP contribution in [0, 0.1) is 12.3 Å². The molecule has 0 amide bonds. The Morgan fingerprint density at radius 3 is 3.27 bits per heavy atom. The molecule has 0 atom stereocenters. The highest BCUT2D eigenvalue weighted by Crippen LogP contribution is 2.33. The van der Waals surface area contributed by atoms with Gasteiger partial charge >= 0.3 is 0 Å². The third-order valence-corrected chi connectivity index (χ3v) is 3.43. The number of nitrogens with zero attached hydrogens (tertiary/aromatic N) is 1. The molecular weight excluding hydrogens is 274 g/mol. The van der Waals surface area contributed by atoms with Crippen molar-refractivity contribution in [1.29, 1.82) is 0 Å². The number of thiophene rings is 1. The third-order valence-electron chi connectivity index (χ3n) is 1.90. The maximum absolute atomic E-state index is 5.51. The topological polar surface area (TPSA) is 22.1 Å². The van der Waals surface area contributed by atoms with Crippen molar-refractivity contribution in [2.75, 3.05) is 6.61 Å². The largest absolute Gasteiger partial charge is 0.476 e. The number of rotatable bonds is 3. The zero-order chi connectivity index (χ0) is 10.7. The molecule has 2 nitrogen and oxygen atoms in total. The number of halogens is 1. The average molecular weight is 282 g/mol. The molecule has 0 aliphatic rings. The lowest BCUT2D eigenvalue weighted by Gasteiger charge is -2.04. The standard InChI is InChI=1S/C11H8BrNOS/c1-2-3-5-14-11-10-8(4-6-15-10)9(12)7-13-11/h1,4,6-7H,3,5H2. The van der Waals surface area contributed by atoms with Crippen molar-refractivity contribution in [3.05, 3.63) is 22.1 Å². The predicted molar refractivity (Wildman–Crippen MR) is 66.3 cm³/mol. The number of aromatic nitrogens is 1. The van der Waals surface area contributed by atoms with Gasteiger partial charge in [-0.05, 0) is 27.4 Å². The van der Waals surface area contributed by atoms with Crippen LogP contribution in [0.5, 0.6) is 5.88 Å². The highest BCUT2D eigenvalue weighted by molar-refractivity contribution is 9.10. The lowest BCUT2D eigenvalue weighted by atomic mass is 10.3. The van der Waals surface area contributed by atoms with Gasteiger partial charge in [0.2, 0.25) is 5.88 Å². The SMILES string of the molecule is C#CCCOc1ncc(Br)c2ccsc12. The van der Waals surface area contributed by atoms with Crippen LogP contribution in [0.3, 0.4) is 0 Å². The summed E-state index contributed by atoms with van der Waals surface area (Å²) in [6, 6.07) is 2.04. The van der Waals surface area contributed by atoms with Gasteiger partial charge < -0.3 is 4.74 Å². The summed E-state index contributed by atoms with van der Waals surface area (Å²) in [6.45, 7) is 0.512. The lowest BCUT2D eigenvalue weighted by molar-refractivity contribution is 0.319. The molecule has 15 heavy (non-hydrogen) atoms. The number of fused-ring (bicyclic) bond motifs is 1. The van der Waals surface area contributed by atoms with E-state index in [-0.39, 0.29) is 0 Å². The van der Waals surface area contributed by atoms with Crippen LogP contribution in [0.1, 0.15) is 6.42 Å². The van der Waals surface area contributed by atoms with Crippen LogP contribution >= 0.6 is 27.3 Å². The molecule has 0 N–H and O–H groups in total. The van der Waals surface area contributed by atoms with Gasteiger partial charge in [0.25, 0.3) is 0 Å². The van der Waals surface area contributed by atoms with Crippen molar-refractivity contribution in [2.45, 2.75) is 6.42 Å². The lowest BCUT2D eigenvalue weighted by Crippen LogP contribution is -1.97. The van der Waals surface area contributed by atoms with Crippen LogP contribution in [-0.2, 0) is 0 Å². The van der Waals surface area contributed by atoms with Crippen LogP contribution in [0.4, 0.5) is 0 Å². The van der Waals surface area contributed by atoms with Gasteiger partial charge in [-0.25, -0.2) is 4.98 Å². The first-order chi connectivity index (χ1) is 7.33. The van der Waals surface area contributed by atoms with Crippen molar-refractivity contribution >= 4 is 37.4 Å². The first-order valence-corrected chi connectivity index (χ1v) is 6.08. The molecular formula is C11H8BrNOS. The molecule has 0 aromatic carbocycles. The van der Waals surface area contributed by atoms with Crippen molar-refractivity contribution in [3.63, 3.8) is 0 Å². The van der Waals surface area contributed by atoms with E-state index < -0.39 is 0 Å². The summed E-state index contributed by atoms with van der Waals surface area (Å²) in [5.41, 5.74) is 0. The molecule has 0 unspecified atom stereocenters. The fourth-order valence-electron chi connectivity index (χ4n) is 1.22. The van der Waals surface area contributed by atoms with E-state index in [0.29, 0.717) is 18.9 Å². The van der Waals surface area contributed by atoms with Gasteiger partial charge in [0, 0.05) is 22.5 Å². The molecule has 0 radical (unpaired) electrons. The summed E-state index contributed by atoms with van der Waals surface area (Å²) in [4.78, 5) is 4.22. The van der Waals surface area contributed by atoms with Crippen molar-refractivity contribution in [3.8, 4) is 18.2 Å². The van der Waals surface area contributed by atoms with E-state index in [1.807, 2.05) is 11.4 Å². The minimum atomic E-state index is 0.512. The Bertz CT molecular complexity index is 515. The number of hydrogen-bond acceptors (Lipinski definition) is 3. The number of terminal acetylenes is 1. The Kier molecular flexibility index (Phi) is 3.24. The summed E-state index contributed by atoms with van der Waals surface area (Å²) in [5.74, 6) is 3.20. The van der Waals surface area contributed by atoms with Gasteiger partial charge in [-0.2, -0.15) is 0 Å². The zero-order valence-corrected chi connectivity index (χ0v) is 10.3. The molecule has 2 aromatic heterocycles. The summed E-state index contributed by atoms with van der Waals surface area (Å²) in [5, 5.41) is 3.15. The monoisotopic (exact) mass is 281 g/mol. The first kappa shape index (κ1) is 10.5. The molecule has 2 aromatic rings. The van der Waals surface area contributed by atoms with Crippen LogP contribution in [0.15, 0.2) is 22.1 Å². The van der Waals surface area contributed by atoms with Crippen molar-refractivity contribution in [1.82, 2.24) is 4.98 Å². The number of pyridine rings is 1. The maximum atomic E-state index is 5.51. The Morgan fingerprint density at radius 2 is 2.47 bits per heavy atom. The smallest absolute Gasteiger partial charge is 0.231 e. The molecule has 4 heteroatoms. The van der Waals surface area contributed by atoms with Crippen molar-refractivity contribution in [2.24, 2.45) is 0 Å². The van der Waals surface area contributed by atoms with Gasteiger partial charge in [0.15, 0.2) is 0 Å². The quantitative estimate of drug-likeness (QED) is 0.635. The van der Waals surface area contributed by atoms with Gasteiger partial charge in [-0.15, -0.1) is 23.7 Å². The second kappa shape index (κ2) is 4.65. The fourth-order valence-corrected chi connectivity index (χ4v) is 2.64. The van der Waals surface area contributed by atoms with E-state index in [4.69, 9.17) is 11.2 Å². The van der Waals surface area contributed by atoms with Crippen LogP contribution < -0.4 is 4.74 Å². The summed E-state index contributed by atoms with van der Waals surface area (Å²) in [6.07, 6.45) is 7.51. The molecule has 0 aliphatic carbocycles. The molecule has 0 fully saturated rings. The van der Waals surface area contributed by atoms with Crippen LogP contribution in [0.25, 0.3) is 10.1 Å². The van der Waals surface area contributed by atoms with E-state index in [1.54, 1.807) is 17.5 Å². The summed E-state index contributed by atoms with van der Waals surface area (Å²) < 4.78 is 7.55. The van der Waals surface area contributed by atoms with Crippen LogP contribution in [-0.4, -0.2) is 11.6 Å². The first-order valence-electron chi connectivity index (χ1n) is 4.41. The molecule has 0 saturated heterocycles. The van der Waals surface area contributed by atoms with E-state index in [0.717, 1.165) is 14.6 Å². The normalized spacial score (nSPS) is 10.1. The van der Waals surface area contributed by atoms with Gasteiger partial charge in [-0.3, -0.25) is 0 Å². The summed E-state index contributed by atoms with van der Waals surface area (Å²) >= 11 is 5.07. The molecule has 0 bridgehead atoms. The molecule has 0 saturated carbocycles. The number of ether oxygens (including phenoxy) is 1. The van der Waals surface area contributed by atoms with Gasteiger partial charge in [-0.1, -0.05) is 0 Å². The highest BCUT2D eigenvalue weighted by Gasteiger charge is 2.07. The summed E-state index contributed by atoms with van der Waals surface area (Å²) in [7, 11) is 0. The maximum Gasteiger partial charge on any atom is 0.231 e. The minimum absolute atomic E-state index is 0.512. The van der Waals surface area contributed by atoms with Gasteiger partial charge in [0.05, 0.1) is 4.70 Å². The minimum Gasteiger partial charge on any atom is -0.476 e. The molecule has 76 valence electrons. The molecule has 0 aliphatic heterocycles. The fraction of sp³-hybridized carbons (Fsp3) is 0.182. The second-order valence-electron chi connectivity index (χ2n) is 2.88. The Hall–Kier alpha value is -1.05. The third kappa shape index (κ3) is 2.14. The zero-order valence-electron chi connectivity index (χ0n) is 7.87. The van der Waals surface area contributed by atoms with Crippen molar-refractivity contribution < 1.29 is 4.74 Å². The van der Waals surface area contributed by atoms with Crippen LogP contribution in [0.2, 0.25) is 0 Å². The van der Waals surface area contributed by atoms with E-state index >= 15 is 0 Å². The molecule has 0 spiro atoms. The van der Waals surface area contributed by atoms with E-state index in [2.05, 4.69) is 26.8 Å². The highest BCUT2D eigenvalue weighted by atomic mass is 79.9. The van der Waals surface area contributed by atoms with Gasteiger partial charge in [0.1, 0.15) is 6.61 Å². The molecule has 2 heterocycles. The molecule has 2 rings (SSSR count). The van der Waals surface area contributed by atoms with E-state index in [9.17, 15) is 0 Å². The second-order valence-corrected chi connectivity index (χ2v) is 4.65. The Balaban J connectivity index is 2.32. The number of hydrogen-bond donors (Lipinski definition) is 0. The average Bonchev–Trinajstić information content (AvgIpc) is 2.71.